The molecule has 20 heavy (non-hydrogen) atoms. The smallest absolute Gasteiger partial charge is 0.119 e. The van der Waals surface area contributed by atoms with Crippen LogP contribution in [0, 0.1) is 0 Å². The maximum Gasteiger partial charge on any atom is 0.119 e. The van der Waals surface area contributed by atoms with Crippen molar-refractivity contribution in [2.75, 3.05) is 0 Å². The van der Waals surface area contributed by atoms with Crippen LogP contribution in [0.5, 0.6) is 5.75 Å². The molecule has 2 rings (SSSR count). The minimum atomic E-state index is -0.387. The fraction of sp³-hybridized carbons (Fsp3) is 0.294. The van der Waals surface area contributed by atoms with Crippen LogP contribution in [0.15, 0.2) is 48.5 Å². The summed E-state index contributed by atoms with van der Waals surface area (Å²) in [6.07, 6.45) is 1.36. The lowest BCUT2D eigenvalue weighted by Gasteiger charge is -2.11. The van der Waals surface area contributed by atoms with Crippen LogP contribution < -0.4 is 4.74 Å². The van der Waals surface area contributed by atoms with E-state index in [1.54, 1.807) is 0 Å². The lowest BCUT2D eigenvalue weighted by molar-refractivity contribution is 0.166. The van der Waals surface area contributed by atoms with E-state index in [0.717, 1.165) is 29.7 Å². The summed E-state index contributed by atoms with van der Waals surface area (Å²) < 4.78 is 5.70. The highest BCUT2D eigenvalue weighted by molar-refractivity contribution is 6.30. The quantitative estimate of drug-likeness (QED) is 0.832. The molecule has 0 amide bonds. The molecule has 1 unspecified atom stereocenters. The normalized spacial score (nSPS) is 12.2. The first-order valence-electron chi connectivity index (χ1n) is 6.84. The standard InChI is InChI=1S/C17H19ClO2/c1-2-4-17(19)14-7-9-16(10-8-14)20-12-13-5-3-6-15(18)11-13/h3,5-11,17,19H,2,4,12H2,1H3. The molecule has 0 aromatic heterocycles. The Kier molecular flexibility index (Phi) is 5.45. The molecular weight excluding hydrogens is 272 g/mol. The Hall–Kier alpha value is -1.51. The average Bonchev–Trinajstić information content (AvgIpc) is 2.46. The van der Waals surface area contributed by atoms with Gasteiger partial charge in [-0.05, 0) is 41.8 Å². The molecule has 0 bridgehead atoms. The van der Waals surface area contributed by atoms with E-state index >= 15 is 0 Å². The third-order valence-corrected chi connectivity index (χ3v) is 3.36. The first kappa shape index (κ1) is 14.9. The molecule has 2 aromatic carbocycles. The van der Waals surface area contributed by atoms with Crippen LogP contribution in [0.25, 0.3) is 0 Å². The van der Waals surface area contributed by atoms with Gasteiger partial charge in [-0.3, -0.25) is 0 Å². The number of ether oxygens (including phenoxy) is 1. The molecule has 0 aliphatic rings. The van der Waals surface area contributed by atoms with Gasteiger partial charge in [0.2, 0.25) is 0 Å². The van der Waals surface area contributed by atoms with Crippen LogP contribution in [-0.4, -0.2) is 5.11 Å². The van der Waals surface area contributed by atoms with E-state index in [9.17, 15) is 5.11 Å². The molecule has 106 valence electrons. The predicted molar refractivity (Wildman–Crippen MR) is 82.1 cm³/mol. The second-order valence-corrected chi connectivity index (χ2v) is 5.23. The molecule has 0 fully saturated rings. The number of hydrogen-bond acceptors (Lipinski definition) is 2. The Morgan fingerprint density at radius 3 is 2.55 bits per heavy atom. The van der Waals surface area contributed by atoms with Gasteiger partial charge in [0.15, 0.2) is 0 Å². The highest BCUT2D eigenvalue weighted by atomic mass is 35.5. The second-order valence-electron chi connectivity index (χ2n) is 4.79. The second kappa shape index (κ2) is 7.32. The summed E-state index contributed by atoms with van der Waals surface area (Å²) >= 11 is 5.93. The first-order chi connectivity index (χ1) is 9.69. The summed E-state index contributed by atoms with van der Waals surface area (Å²) in [4.78, 5) is 0. The summed E-state index contributed by atoms with van der Waals surface area (Å²) in [7, 11) is 0. The molecule has 2 nitrogen and oxygen atoms in total. The van der Waals surface area contributed by atoms with Crippen molar-refractivity contribution in [3.8, 4) is 5.75 Å². The lowest BCUT2D eigenvalue weighted by Crippen LogP contribution is -1.98. The van der Waals surface area contributed by atoms with Crippen molar-refractivity contribution < 1.29 is 9.84 Å². The molecule has 1 N–H and O–H groups in total. The number of halogens is 1. The van der Waals surface area contributed by atoms with Gasteiger partial charge >= 0.3 is 0 Å². The van der Waals surface area contributed by atoms with Crippen molar-refractivity contribution in [2.45, 2.75) is 32.5 Å². The SMILES string of the molecule is CCCC(O)c1ccc(OCc2cccc(Cl)c2)cc1. The highest BCUT2D eigenvalue weighted by Crippen LogP contribution is 2.22. The van der Waals surface area contributed by atoms with E-state index in [1.807, 2.05) is 48.5 Å². The number of rotatable bonds is 6. The van der Waals surface area contributed by atoms with Gasteiger partial charge in [-0.1, -0.05) is 49.2 Å². The molecule has 3 heteroatoms. The first-order valence-corrected chi connectivity index (χ1v) is 7.22. The zero-order chi connectivity index (χ0) is 14.4. The van der Waals surface area contributed by atoms with Gasteiger partial charge in [-0.25, -0.2) is 0 Å². The lowest BCUT2D eigenvalue weighted by atomic mass is 10.1. The summed E-state index contributed by atoms with van der Waals surface area (Å²) in [6, 6.07) is 15.2. The number of benzene rings is 2. The molecule has 0 radical (unpaired) electrons. The van der Waals surface area contributed by atoms with Gasteiger partial charge in [-0.2, -0.15) is 0 Å². The van der Waals surface area contributed by atoms with E-state index in [-0.39, 0.29) is 6.10 Å². The fourth-order valence-corrected chi connectivity index (χ4v) is 2.23. The zero-order valence-electron chi connectivity index (χ0n) is 11.6. The maximum absolute atomic E-state index is 9.89. The van der Waals surface area contributed by atoms with E-state index in [2.05, 4.69) is 6.92 Å². The van der Waals surface area contributed by atoms with Crippen molar-refractivity contribution in [3.63, 3.8) is 0 Å². The number of aliphatic hydroxyl groups is 1. The zero-order valence-corrected chi connectivity index (χ0v) is 12.3. The monoisotopic (exact) mass is 290 g/mol. The molecule has 0 aliphatic carbocycles. The van der Waals surface area contributed by atoms with Crippen LogP contribution in [0.3, 0.4) is 0 Å². The highest BCUT2D eigenvalue weighted by Gasteiger charge is 2.06. The van der Waals surface area contributed by atoms with E-state index < -0.39 is 0 Å². The van der Waals surface area contributed by atoms with Gasteiger partial charge < -0.3 is 9.84 Å². The van der Waals surface area contributed by atoms with Gasteiger partial charge in [0, 0.05) is 5.02 Å². The van der Waals surface area contributed by atoms with E-state index in [4.69, 9.17) is 16.3 Å². The van der Waals surface area contributed by atoms with Crippen LogP contribution in [0.4, 0.5) is 0 Å². The molecule has 0 heterocycles. The minimum absolute atomic E-state index is 0.387. The van der Waals surface area contributed by atoms with Crippen LogP contribution in [0.2, 0.25) is 5.02 Å². The molecule has 0 spiro atoms. The van der Waals surface area contributed by atoms with Gasteiger partial charge in [0.25, 0.3) is 0 Å². The number of aliphatic hydroxyl groups excluding tert-OH is 1. The topological polar surface area (TPSA) is 29.5 Å². The Labute approximate surface area is 125 Å². The molecule has 0 saturated heterocycles. The average molecular weight is 291 g/mol. The van der Waals surface area contributed by atoms with Crippen molar-refractivity contribution >= 4 is 11.6 Å². The summed E-state index contributed by atoms with van der Waals surface area (Å²) in [6.45, 7) is 2.54. The minimum Gasteiger partial charge on any atom is -0.489 e. The van der Waals surface area contributed by atoms with Crippen molar-refractivity contribution in [2.24, 2.45) is 0 Å². The Balaban J connectivity index is 1.94. The largest absolute Gasteiger partial charge is 0.489 e. The maximum atomic E-state index is 9.89. The van der Waals surface area contributed by atoms with E-state index in [0.29, 0.717) is 11.6 Å². The van der Waals surface area contributed by atoms with Crippen LogP contribution >= 0.6 is 11.6 Å². The van der Waals surface area contributed by atoms with E-state index in [1.165, 1.54) is 0 Å². The van der Waals surface area contributed by atoms with Gasteiger partial charge in [0.05, 0.1) is 6.10 Å². The molecule has 0 saturated carbocycles. The molecule has 1 atom stereocenters. The Bertz CT molecular complexity index is 537. The van der Waals surface area contributed by atoms with Crippen LogP contribution in [0.1, 0.15) is 37.0 Å². The fourth-order valence-electron chi connectivity index (χ4n) is 2.02. The number of hydrogen-bond donors (Lipinski definition) is 1. The summed E-state index contributed by atoms with van der Waals surface area (Å²) in [5.41, 5.74) is 1.97. The van der Waals surface area contributed by atoms with Crippen molar-refractivity contribution in [1.29, 1.82) is 0 Å². The summed E-state index contributed by atoms with van der Waals surface area (Å²) in [5.74, 6) is 0.789. The summed E-state index contributed by atoms with van der Waals surface area (Å²) in [5, 5.41) is 10.6. The molecule has 2 aromatic rings. The molecular formula is C17H19ClO2. The predicted octanol–water partition coefficient (Wildman–Crippen LogP) is 4.75. The van der Waals surface area contributed by atoms with Crippen molar-refractivity contribution in [3.05, 3.63) is 64.7 Å². The Morgan fingerprint density at radius 2 is 1.90 bits per heavy atom. The van der Waals surface area contributed by atoms with Crippen LogP contribution in [-0.2, 0) is 6.61 Å². The Morgan fingerprint density at radius 1 is 1.15 bits per heavy atom. The van der Waals surface area contributed by atoms with Gasteiger partial charge in [-0.15, -0.1) is 0 Å². The van der Waals surface area contributed by atoms with Gasteiger partial charge in [0.1, 0.15) is 12.4 Å². The molecule has 0 aliphatic heterocycles. The third-order valence-electron chi connectivity index (χ3n) is 3.12. The van der Waals surface area contributed by atoms with Crippen molar-refractivity contribution in [1.82, 2.24) is 0 Å². The third kappa shape index (κ3) is 4.26.